The van der Waals surface area contributed by atoms with Crippen molar-refractivity contribution in [2.75, 3.05) is 26.5 Å². The zero-order valence-electron chi connectivity index (χ0n) is 16.0. The van der Waals surface area contributed by atoms with Gasteiger partial charge in [-0.2, -0.15) is 5.10 Å². The molecule has 7 nitrogen and oxygen atoms in total. The Hall–Kier alpha value is -1.04. The van der Waals surface area contributed by atoms with Gasteiger partial charge in [-0.3, -0.25) is 4.99 Å². The number of hydrogen-bond acceptors (Lipinski definition) is 5. The Balaban J connectivity index is 0.00000280. The molecular weight excluding hydrogens is 511 g/mol. The number of aliphatic imine (C=N–C) groups is 1. The summed E-state index contributed by atoms with van der Waals surface area (Å²) in [5.41, 5.74) is 0. The van der Waals surface area contributed by atoms with Crippen LogP contribution < -0.4 is 10.6 Å². The molecule has 2 heterocycles. The van der Waals surface area contributed by atoms with Crippen LogP contribution in [0, 0.1) is 0 Å². The van der Waals surface area contributed by atoms with Gasteiger partial charge in [-0.1, -0.05) is 11.6 Å². The summed E-state index contributed by atoms with van der Waals surface area (Å²) < 4.78 is 7.09. The molecular formula is C18H26ClIN6OS. The van der Waals surface area contributed by atoms with Crippen molar-refractivity contribution >= 4 is 53.3 Å². The van der Waals surface area contributed by atoms with Crippen LogP contribution in [0.4, 0.5) is 0 Å². The molecule has 10 heteroatoms. The number of hydrogen-bond donors (Lipinski definition) is 2. The van der Waals surface area contributed by atoms with Gasteiger partial charge in [0.25, 0.3) is 0 Å². The van der Waals surface area contributed by atoms with Crippen molar-refractivity contribution in [3.05, 3.63) is 40.9 Å². The predicted octanol–water partition coefficient (Wildman–Crippen LogP) is 2.97. The van der Waals surface area contributed by atoms with Crippen LogP contribution in [0.15, 0.2) is 34.2 Å². The van der Waals surface area contributed by atoms with E-state index in [4.69, 9.17) is 16.3 Å². The number of fused-ring (bicyclic) bond motifs is 1. The zero-order valence-corrected chi connectivity index (χ0v) is 19.9. The summed E-state index contributed by atoms with van der Waals surface area (Å²) in [6.45, 7) is 2.06. The van der Waals surface area contributed by atoms with E-state index in [0.29, 0.717) is 6.61 Å². The molecule has 0 spiro atoms. The average molecular weight is 537 g/mol. The van der Waals surface area contributed by atoms with Gasteiger partial charge in [-0.25, -0.2) is 9.67 Å². The lowest BCUT2D eigenvalue weighted by Crippen LogP contribution is -2.47. The number of rotatable bonds is 7. The first-order valence-corrected chi connectivity index (χ1v) is 10.3. The Morgan fingerprint density at radius 1 is 1.39 bits per heavy atom. The molecule has 1 unspecified atom stereocenters. The van der Waals surface area contributed by atoms with Gasteiger partial charge >= 0.3 is 0 Å². The zero-order chi connectivity index (χ0) is 19.1. The molecule has 28 heavy (non-hydrogen) atoms. The smallest absolute Gasteiger partial charge is 0.191 e. The van der Waals surface area contributed by atoms with Crippen LogP contribution in [0.1, 0.15) is 18.1 Å². The fraction of sp³-hybridized carbons (Fsp3) is 0.500. The van der Waals surface area contributed by atoms with Crippen molar-refractivity contribution in [1.29, 1.82) is 0 Å². The van der Waals surface area contributed by atoms with Crippen molar-refractivity contribution in [3.63, 3.8) is 0 Å². The average Bonchev–Trinajstić information content (AvgIpc) is 3.07. The SMILES string of the molecule is CN=C(NCCSc1ccc(Cl)cc1)NC1CCc2nc(COC)nn2C1.I. The van der Waals surface area contributed by atoms with E-state index in [2.05, 4.69) is 25.7 Å². The van der Waals surface area contributed by atoms with Gasteiger partial charge in [-0.05, 0) is 30.7 Å². The number of ether oxygens (including phenoxy) is 1. The highest BCUT2D eigenvalue weighted by atomic mass is 127. The van der Waals surface area contributed by atoms with E-state index in [-0.39, 0.29) is 30.0 Å². The van der Waals surface area contributed by atoms with E-state index in [0.717, 1.165) is 54.3 Å². The number of nitrogens with zero attached hydrogens (tertiary/aromatic N) is 4. The quantitative estimate of drug-likeness (QED) is 0.186. The molecule has 1 aliphatic rings. The van der Waals surface area contributed by atoms with Crippen molar-refractivity contribution in [2.45, 2.75) is 36.9 Å². The fourth-order valence-corrected chi connectivity index (χ4v) is 3.82. The summed E-state index contributed by atoms with van der Waals surface area (Å²) in [6, 6.07) is 8.18. The van der Waals surface area contributed by atoms with Crippen LogP contribution in [0.25, 0.3) is 0 Å². The molecule has 0 aliphatic carbocycles. The molecule has 1 aliphatic heterocycles. The van der Waals surface area contributed by atoms with E-state index >= 15 is 0 Å². The van der Waals surface area contributed by atoms with Crippen molar-refractivity contribution in [3.8, 4) is 0 Å². The van der Waals surface area contributed by atoms with Gasteiger partial charge in [0.1, 0.15) is 12.4 Å². The van der Waals surface area contributed by atoms with E-state index in [1.807, 2.05) is 28.9 Å². The Labute approximate surface area is 192 Å². The normalized spacial score (nSPS) is 16.2. The summed E-state index contributed by atoms with van der Waals surface area (Å²) in [7, 11) is 3.45. The standard InChI is InChI=1S/C18H25ClN6OS.HI/c1-20-18(21-9-10-27-15-6-3-13(19)4-7-15)22-14-5-8-17-23-16(12-26-2)24-25(17)11-14;/h3-4,6-7,14H,5,8-12H2,1-2H3,(H2,20,21,22);1H. The van der Waals surface area contributed by atoms with Gasteiger partial charge in [0.2, 0.25) is 0 Å². The monoisotopic (exact) mass is 536 g/mol. The number of guanidine groups is 1. The summed E-state index contributed by atoms with van der Waals surface area (Å²) >= 11 is 7.70. The molecule has 2 N–H and O–H groups in total. The number of aromatic nitrogens is 3. The molecule has 0 amide bonds. The van der Waals surface area contributed by atoms with Gasteiger partial charge < -0.3 is 15.4 Å². The second-order valence-electron chi connectivity index (χ2n) is 6.24. The molecule has 2 aromatic rings. The third kappa shape index (κ3) is 6.78. The Kier molecular flexibility index (Phi) is 9.83. The number of nitrogens with one attached hydrogen (secondary N) is 2. The molecule has 0 fully saturated rings. The first-order chi connectivity index (χ1) is 13.2. The second-order valence-corrected chi connectivity index (χ2v) is 7.85. The first-order valence-electron chi connectivity index (χ1n) is 8.95. The Morgan fingerprint density at radius 2 is 2.18 bits per heavy atom. The van der Waals surface area contributed by atoms with Gasteiger partial charge in [0.15, 0.2) is 11.8 Å². The van der Waals surface area contributed by atoms with E-state index in [1.54, 1.807) is 25.9 Å². The molecule has 0 saturated carbocycles. The van der Waals surface area contributed by atoms with Crippen LogP contribution >= 0.6 is 47.3 Å². The van der Waals surface area contributed by atoms with Crippen molar-refractivity contribution in [2.24, 2.45) is 4.99 Å². The maximum absolute atomic E-state index is 5.91. The van der Waals surface area contributed by atoms with Gasteiger partial charge in [0.05, 0.1) is 6.54 Å². The molecule has 154 valence electrons. The van der Waals surface area contributed by atoms with Gasteiger partial charge in [0, 0.05) is 48.8 Å². The van der Waals surface area contributed by atoms with Crippen LogP contribution in [0.3, 0.4) is 0 Å². The number of aryl methyl sites for hydroxylation is 1. The molecule has 1 atom stereocenters. The second kappa shape index (κ2) is 11.8. The lowest BCUT2D eigenvalue weighted by molar-refractivity contribution is 0.177. The van der Waals surface area contributed by atoms with E-state index in [9.17, 15) is 0 Å². The van der Waals surface area contributed by atoms with Crippen LogP contribution in [0.5, 0.6) is 0 Å². The summed E-state index contributed by atoms with van der Waals surface area (Å²) in [6.07, 6.45) is 1.91. The highest BCUT2D eigenvalue weighted by molar-refractivity contribution is 14.0. The fourth-order valence-electron chi connectivity index (χ4n) is 2.93. The lowest BCUT2D eigenvalue weighted by Gasteiger charge is -2.25. The summed E-state index contributed by atoms with van der Waals surface area (Å²) in [5.74, 6) is 3.54. The third-order valence-electron chi connectivity index (χ3n) is 4.22. The molecule has 3 rings (SSSR count). The van der Waals surface area contributed by atoms with Gasteiger partial charge in [-0.15, -0.1) is 35.7 Å². The molecule has 1 aromatic heterocycles. The number of benzene rings is 1. The maximum atomic E-state index is 5.91. The minimum Gasteiger partial charge on any atom is -0.377 e. The number of halogens is 2. The maximum Gasteiger partial charge on any atom is 0.191 e. The van der Waals surface area contributed by atoms with E-state index in [1.165, 1.54) is 4.90 Å². The van der Waals surface area contributed by atoms with Crippen LogP contribution in [-0.4, -0.2) is 53.2 Å². The van der Waals surface area contributed by atoms with Crippen LogP contribution in [-0.2, 0) is 24.3 Å². The van der Waals surface area contributed by atoms with Crippen molar-refractivity contribution in [1.82, 2.24) is 25.4 Å². The Bertz CT molecular complexity index is 770. The third-order valence-corrected chi connectivity index (χ3v) is 5.48. The Morgan fingerprint density at radius 3 is 2.89 bits per heavy atom. The summed E-state index contributed by atoms with van der Waals surface area (Å²) in [5, 5.41) is 12.1. The van der Waals surface area contributed by atoms with E-state index < -0.39 is 0 Å². The van der Waals surface area contributed by atoms with Crippen LogP contribution in [0.2, 0.25) is 5.02 Å². The molecule has 0 bridgehead atoms. The number of methoxy groups -OCH3 is 1. The largest absolute Gasteiger partial charge is 0.377 e. The molecule has 0 saturated heterocycles. The molecule has 0 radical (unpaired) electrons. The predicted molar refractivity (Wildman–Crippen MR) is 125 cm³/mol. The highest BCUT2D eigenvalue weighted by Crippen LogP contribution is 2.19. The molecule has 1 aromatic carbocycles. The van der Waals surface area contributed by atoms with Crippen molar-refractivity contribution < 1.29 is 4.74 Å². The summed E-state index contributed by atoms with van der Waals surface area (Å²) in [4.78, 5) is 10.1. The lowest BCUT2D eigenvalue weighted by atomic mass is 10.1. The number of thioether (sulfide) groups is 1. The minimum atomic E-state index is 0. The minimum absolute atomic E-state index is 0. The first kappa shape index (κ1) is 23.2. The topological polar surface area (TPSA) is 76.4 Å². The highest BCUT2D eigenvalue weighted by Gasteiger charge is 2.22.